The number of hydrogen-bond acceptors (Lipinski definition) is 4. The molecule has 1 aliphatic rings. The smallest absolute Gasteiger partial charge is 0.415 e. The van der Waals surface area contributed by atoms with E-state index in [0.29, 0.717) is 5.69 Å². The van der Waals surface area contributed by atoms with E-state index in [2.05, 4.69) is 14.8 Å². The van der Waals surface area contributed by atoms with Crippen LogP contribution >= 0.6 is 0 Å². The number of alkyl halides is 2. The third kappa shape index (κ3) is 1.78. The van der Waals surface area contributed by atoms with E-state index in [1.54, 1.807) is 12.1 Å². The molecule has 0 aromatic heterocycles. The Labute approximate surface area is 90.2 Å². The highest BCUT2D eigenvalue weighted by Gasteiger charge is 2.38. The molecule has 0 radical (unpaired) electrons. The van der Waals surface area contributed by atoms with Crippen LogP contribution < -0.4 is 10.1 Å². The maximum atomic E-state index is 13.0. The summed E-state index contributed by atoms with van der Waals surface area (Å²) in [4.78, 5) is 11.3. The second-order valence-electron chi connectivity index (χ2n) is 3.27. The highest BCUT2D eigenvalue weighted by atomic mass is 19.3. The summed E-state index contributed by atoms with van der Waals surface area (Å²) in [5, 5.41) is 2.49. The summed E-state index contributed by atoms with van der Waals surface area (Å²) >= 11 is 0. The number of anilines is 1. The van der Waals surface area contributed by atoms with Crippen LogP contribution in [0, 0.1) is 0 Å². The molecule has 0 amide bonds. The first kappa shape index (κ1) is 10.7. The summed E-state index contributed by atoms with van der Waals surface area (Å²) in [6.45, 7) is -0.620. The topological polar surface area (TPSA) is 47.6 Å². The number of nitrogens with one attached hydrogen (secondary N) is 1. The van der Waals surface area contributed by atoms with Gasteiger partial charge in [-0.2, -0.15) is 8.78 Å². The number of rotatable bonds is 1. The predicted octanol–water partition coefficient (Wildman–Crippen LogP) is 1.87. The molecule has 0 bridgehead atoms. The molecule has 1 N–H and O–H groups in total. The first-order valence-electron chi connectivity index (χ1n) is 4.55. The average Bonchev–Trinajstić information content (AvgIpc) is 2.26. The number of carbonyl (C=O) groups excluding carboxylic acids is 1. The van der Waals surface area contributed by atoms with Gasteiger partial charge in [0.05, 0.1) is 12.8 Å². The molecular formula is C10H9F2NO3. The number of benzene rings is 1. The van der Waals surface area contributed by atoms with E-state index in [1.807, 2.05) is 0 Å². The van der Waals surface area contributed by atoms with Crippen LogP contribution in [-0.2, 0) is 4.74 Å². The largest absolute Gasteiger partial charge is 0.465 e. The van der Waals surface area contributed by atoms with Gasteiger partial charge in [-0.05, 0) is 12.1 Å². The number of halogens is 2. The van der Waals surface area contributed by atoms with Gasteiger partial charge in [0.2, 0.25) is 0 Å². The molecule has 1 aliphatic heterocycles. The number of esters is 1. The maximum Gasteiger partial charge on any atom is 0.415 e. The minimum absolute atomic E-state index is 0.0214. The van der Waals surface area contributed by atoms with Crippen LogP contribution in [0.4, 0.5) is 14.5 Å². The van der Waals surface area contributed by atoms with E-state index in [0.717, 1.165) is 0 Å². The van der Waals surface area contributed by atoms with E-state index in [4.69, 9.17) is 0 Å². The van der Waals surface area contributed by atoms with Gasteiger partial charge in [0.25, 0.3) is 0 Å². The van der Waals surface area contributed by atoms with Crippen molar-refractivity contribution in [1.29, 1.82) is 0 Å². The second kappa shape index (κ2) is 3.62. The van der Waals surface area contributed by atoms with Gasteiger partial charge in [-0.3, -0.25) is 0 Å². The van der Waals surface area contributed by atoms with Gasteiger partial charge in [0.15, 0.2) is 5.75 Å². The van der Waals surface area contributed by atoms with Gasteiger partial charge in [-0.15, -0.1) is 0 Å². The van der Waals surface area contributed by atoms with Gasteiger partial charge in [0, 0.05) is 0 Å². The van der Waals surface area contributed by atoms with Crippen LogP contribution in [0.2, 0.25) is 0 Å². The van der Waals surface area contributed by atoms with Crippen LogP contribution in [0.15, 0.2) is 18.2 Å². The Morgan fingerprint density at radius 3 is 3.00 bits per heavy atom. The monoisotopic (exact) mass is 229 g/mol. The average molecular weight is 229 g/mol. The van der Waals surface area contributed by atoms with E-state index in [1.165, 1.54) is 13.2 Å². The molecule has 0 atom stereocenters. The highest BCUT2D eigenvalue weighted by Crippen LogP contribution is 2.37. The molecule has 0 spiro atoms. The molecule has 2 rings (SSSR count). The SMILES string of the molecule is COC(=O)c1cccc2c1OC(F)(F)CN2. The molecule has 1 aromatic rings. The summed E-state index contributed by atoms with van der Waals surface area (Å²) in [5.74, 6) is -0.887. The normalized spacial score (nSPS) is 16.7. The molecule has 86 valence electrons. The summed E-state index contributed by atoms with van der Waals surface area (Å²) < 4.78 is 34.9. The molecular weight excluding hydrogens is 220 g/mol. The van der Waals surface area contributed by atoms with Gasteiger partial charge in [0.1, 0.15) is 12.1 Å². The molecule has 16 heavy (non-hydrogen) atoms. The van der Waals surface area contributed by atoms with E-state index < -0.39 is 18.6 Å². The molecule has 1 heterocycles. The lowest BCUT2D eigenvalue weighted by Gasteiger charge is -2.27. The zero-order valence-electron chi connectivity index (χ0n) is 8.42. The zero-order valence-corrected chi connectivity index (χ0v) is 8.42. The predicted molar refractivity (Wildman–Crippen MR) is 51.8 cm³/mol. The number of ether oxygens (including phenoxy) is 2. The van der Waals surface area contributed by atoms with Crippen molar-refractivity contribution >= 4 is 11.7 Å². The van der Waals surface area contributed by atoms with Crippen molar-refractivity contribution in [2.24, 2.45) is 0 Å². The Kier molecular flexibility index (Phi) is 2.41. The molecule has 1 aromatic carbocycles. The lowest BCUT2D eigenvalue weighted by molar-refractivity contribution is -0.167. The lowest BCUT2D eigenvalue weighted by atomic mass is 10.1. The Bertz CT molecular complexity index is 434. The van der Waals surface area contributed by atoms with Gasteiger partial charge in [-0.1, -0.05) is 6.07 Å². The van der Waals surface area contributed by atoms with Gasteiger partial charge in [-0.25, -0.2) is 4.79 Å². The van der Waals surface area contributed by atoms with Crippen molar-refractivity contribution < 1.29 is 23.0 Å². The first-order chi connectivity index (χ1) is 7.53. The fourth-order valence-corrected chi connectivity index (χ4v) is 1.44. The zero-order chi connectivity index (χ0) is 11.8. The molecule has 0 saturated heterocycles. The standard InChI is InChI=1S/C10H9F2NO3/c1-15-9(14)6-3-2-4-7-8(6)16-10(11,12)5-13-7/h2-4,13H,5H2,1H3. The number of para-hydroxylation sites is 1. The maximum absolute atomic E-state index is 13.0. The van der Waals surface area contributed by atoms with Crippen molar-refractivity contribution in [3.05, 3.63) is 23.8 Å². The number of carbonyl (C=O) groups is 1. The molecule has 0 aliphatic carbocycles. The molecule has 0 unspecified atom stereocenters. The minimum atomic E-state index is -3.32. The van der Waals surface area contributed by atoms with E-state index >= 15 is 0 Å². The van der Waals surface area contributed by atoms with Crippen molar-refractivity contribution in [2.45, 2.75) is 6.11 Å². The van der Waals surface area contributed by atoms with E-state index in [-0.39, 0.29) is 11.3 Å². The summed E-state index contributed by atoms with van der Waals surface area (Å²) in [5.41, 5.74) is 0.334. The Balaban J connectivity index is 2.46. The van der Waals surface area contributed by atoms with Crippen molar-refractivity contribution in [3.8, 4) is 5.75 Å². The summed E-state index contributed by atoms with van der Waals surface area (Å²) in [6, 6.07) is 4.48. The number of hydrogen-bond donors (Lipinski definition) is 1. The van der Waals surface area contributed by atoms with Crippen LogP contribution in [0.5, 0.6) is 5.75 Å². The first-order valence-corrected chi connectivity index (χ1v) is 4.55. The fraction of sp³-hybridized carbons (Fsp3) is 0.300. The second-order valence-corrected chi connectivity index (χ2v) is 3.27. The molecule has 0 saturated carbocycles. The molecule has 6 heteroatoms. The van der Waals surface area contributed by atoms with Gasteiger partial charge < -0.3 is 14.8 Å². The third-order valence-electron chi connectivity index (χ3n) is 2.16. The summed E-state index contributed by atoms with van der Waals surface area (Å²) in [6.07, 6.45) is -3.32. The Hall–Kier alpha value is -1.85. The Morgan fingerprint density at radius 2 is 2.31 bits per heavy atom. The quantitative estimate of drug-likeness (QED) is 0.747. The fourth-order valence-electron chi connectivity index (χ4n) is 1.44. The summed E-state index contributed by atoms with van der Waals surface area (Å²) in [7, 11) is 1.18. The van der Waals surface area contributed by atoms with Crippen LogP contribution in [0.3, 0.4) is 0 Å². The Morgan fingerprint density at radius 1 is 1.56 bits per heavy atom. The van der Waals surface area contributed by atoms with Crippen molar-refractivity contribution in [3.63, 3.8) is 0 Å². The van der Waals surface area contributed by atoms with Gasteiger partial charge >= 0.3 is 12.1 Å². The number of methoxy groups -OCH3 is 1. The lowest BCUT2D eigenvalue weighted by Crippen LogP contribution is -2.38. The van der Waals surface area contributed by atoms with Crippen LogP contribution in [-0.4, -0.2) is 25.7 Å². The van der Waals surface area contributed by atoms with E-state index in [9.17, 15) is 13.6 Å². The molecule has 0 fully saturated rings. The molecule has 4 nitrogen and oxygen atoms in total. The van der Waals surface area contributed by atoms with Crippen LogP contribution in [0.1, 0.15) is 10.4 Å². The minimum Gasteiger partial charge on any atom is -0.465 e. The van der Waals surface area contributed by atoms with Crippen molar-refractivity contribution in [2.75, 3.05) is 19.0 Å². The van der Waals surface area contributed by atoms with Crippen molar-refractivity contribution in [1.82, 2.24) is 0 Å². The highest BCUT2D eigenvalue weighted by molar-refractivity contribution is 5.95. The third-order valence-corrected chi connectivity index (χ3v) is 2.16. The number of fused-ring (bicyclic) bond motifs is 1. The van der Waals surface area contributed by atoms with Crippen LogP contribution in [0.25, 0.3) is 0 Å².